The molecular weight excluding hydrogens is 188 g/mol. The van der Waals surface area contributed by atoms with E-state index in [1.807, 2.05) is 0 Å². The quantitative estimate of drug-likeness (QED) is 0.564. The Morgan fingerprint density at radius 2 is 2.07 bits per heavy atom. The standard InChI is InChI=1S/C8H12N2O4/c1-6-9(4-7(11)12)2-3-10(6)5-8(13)14/h2-5H2,1H3,(H-,11,12,13,14)/p+1. The van der Waals surface area contributed by atoms with Crippen molar-refractivity contribution in [2.45, 2.75) is 6.92 Å². The zero-order valence-corrected chi connectivity index (χ0v) is 7.93. The zero-order valence-electron chi connectivity index (χ0n) is 7.93. The monoisotopic (exact) mass is 201 g/mol. The molecule has 0 atom stereocenters. The second-order valence-electron chi connectivity index (χ2n) is 3.18. The van der Waals surface area contributed by atoms with Gasteiger partial charge in [0.15, 0.2) is 13.1 Å². The third-order valence-corrected chi connectivity index (χ3v) is 2.21. The Kier molecular flexibility index (Phi) is 3.06. The van der Waals surface area contributed by atoms with Crippen LogP contribution in [-0.4, -0.2) is 63.6 Å². The number of carboxylic acid groups (broad SMARTS) is 2. The summed E-state index contributed by atoms with van der Waals surface area (Å²) in [4.78, 5) is 22.5. The molecule has 0 aliphatic carbocycles. The number of aliphatic carboxylic acids is 2. The van der Waals surface area contributed by atoms with Gasteiger partial charge in [0.2, 0.25) is 5.84 Å². The van der Waals surface area contributed by atoms with Crippen LogP contribution in [0.2, 0.25) is 0 Å². The van der Waals surface area contributed by atoms with Crippen molar-refractivity contribution in [2.24, 2.45) is 0 Å². The van der Waals surface area contributed by atoms with E-state index < -0.39 is 11.9 Å². The predicted molar refractivity (Wildman–Crippen MR) is 47.5 cm³/mol. The smallest absolute Gasteiger partial charge is 0.345 e. The molecule has 6 heteroatoms. The molecule has 6 nitrogen and oxygen atoms in total. The number of carbonyl (C=O) groups is 2. The summed E-state index contributed by atoms with van der Waals surface area (Å²) < 4.78 is 1.66. The summed E-state index contributed by atoms with van der Waals surface area (Å²) >= 11 is 0. The largest absolute Gasteiger partial charge is 0.478 e. The molecule has 0 aromatic heterocycles. The number of hydrogen-bond donors (Lipinski definition) is 2. The van der Waals surface area contributed by atoms with Gasteiger partial charge in [-0.25, -0.2) is 9.59 Å². The van der Waals surface area contributed by atoms with Crippen LogP contribution < -0.4 is 0 Å². The Balaban J connectivity index is 2.64. The first-order chi connectivity index (χ1) is 6.50. The van der Waals surface area contributed by atoms with Gasteiger partial charge < -0.3 is 10.2 Å². The molecule has 1 aliphatic rings. The van der Waals surface area contributed by atoms with Crippen LogP contribution in [0.3, 0.4) is 0 Å². The summed E-state index contributed by atoms with van der Waals surface area (Å²) in [5, 5.41) is 17.1. The molecular formula is C8H13N2O4+. The van der Waals surface area contributed by atoms with E-state index in [0.29, 0.717) is 13.1 Å². The summed E-state index contributed by atoms with van der Waals surface area (Å²) in [5.41, 5.74) is 0. The highest BCUT2D eigenvalue weighted by Crippen LogP contribution is 2.00. The fourth-order valence-electron chi connectivity index (χ4n) is 1.48. The fourth-order valence-corrected chi connectivity index (χ4v) is 1.48. The van der Waals surface area contributed by atoms with Gasteiger partial charge in [0.1, 0.15) is 13.1 Å². The second kappa shape index (κ2) is 4.08. The van der Waals surface area contributed by atoms with Crippen molar-refractivity contribution >= 4 is 17.8 Å². The van der Waals surface area contributed by atoms with Gasteiger partial charge in [0.25, 0.3) is 0 Å². The molecule has 0 saturated carbocycles. The van der Waals surface area contributed by atoms with E-state index in [0.717, 1.165) is 5.84 Å². The highest BCUT2D eigenvalue weighted by atomic mass is 16.4. The van der Waals surface area contributed by atoms with Crippen LogP contribution in [0.4, 0.5) is 0 Å². The average Bonchev–Trinajstić information content (AvgIpc) is 2.34. The van der Waals surface area contributed by atoms with Crippen LogP contribution in [0.1, 0.15) is 6.92 Å². The lowest BCUT2D eigenvalue weighted by Crippen LogP contribution is -2.32. The van der Waals surface area contributed by atoms with E-state index in [1.54, 1.807) is 16.4 Å². The van der Waals surface area contributed by atoms with E-state index in [1.165, 1.54) is 0 Å². The Labute approximate surface area is 81.1 Å². The van der Waals surface area contributed by atoms with Gasteiger partial charge in [0, 0.05) is 6.92 Å². The van der Waals surface area contributed by atoms with Crippen LogP contribution in [0.15, 0.2) is 0 Å². The Hall–Kier alpha value is -1.59. The Morgan fingerprint density at radius 3 is 2.57 bits per heavy atom. The number of carboxylic acids is 2. The maximum atomic E-state index is 10.4. The van der Waals surface area contributed by atoms with Crippen molar-refractivity contribution in [3.63, 3.8) is 0 Å². The molecule has 14 heavy (non-hydrogen) atoms. The predicted octanol–water partition coefficient (Wildman–Crippen LogP) is -1.10. The highest BCUT2D eigenvalue weighted by molar-refractivity contribution is 5.81. The third kappa shape index (κ3) is 2.45. The van der Waals surface area contributed by atoms with Crippen molar-refractivity contribution in [3.05, 3.63) is 0 Å². The minimum atomic E-state index is -0.901. The first kappa shape index (κ1) is 10.5. The lowest BCUT2D eigenvalue weighted by atomic mass is 10.5. The number of amidine groups is 1. The molecule has 78 valence electrons. The molecule has 1 rings (SSSR count). The first-order valence-electron chi connectivity index (χ1n) is 4.27. The Morgan fingerprint density at radius 1 is 1.43 bits per heavy atom. The van der Waals surface area contributed by atoms with Crippen molar-refractivity contribution in [3.8, 4) is 0 Å². The lowest BCUT2D eigenvalue weighted by Gasteiger charge is -2.06. The van der Waals surface area contributed by atoms with Crippen molar-refractivity contribution in [1.82, 2.24) is 4.90 Å². The summed E-state index contributed by atoms with van der Waals surface area (Å²) in [6, 6.07) is 0. The van der Waals surface area contributed by atoms with E-state index in [-0.39, 0.29) is 13.1 Å². The normalized spacial score (nSPS) is 16.2. The van der Waals surface area contributed by atoms with Gasteiger partial charge in [-0.05, 0) is 0 Å². The van der Waals surface area contributed by atoms with Crippen LogP contribution in [-0.2, 0) is 9.59 Å². The summed E-state index contributed by atoms with van der Waals surface area (Å²) in [6.45, 7) is 2.75. The molecule has 0 spiro atoms. The average molecular weight is 201 g/mol. The second-order valence-corrected chi connectivity index (χ2v) is 3.18. The molecule has 0 aromatic rings. The first-order valence-corrected chi connectivity index (χ1v) is 4.27. The maximum Gasteiger partial charge on any atom is 0.345 e. The molecule has 0 fully saturated rings. The summed E-state index contributed by atoms with van der Waals surface area (Å²) in [7, 11) is 0. The molecule has 0 radical (unpaired) electrons. The van der Waals surface area contributed by atoms with E-state index in [4.69, 9.17) is 10.2 Å². The van der Waals surface area contributed by atoms with Gasteiger partial charge in [-0.15, -0.1) is 0 Å². The van der Waals surface area contributed by atoms with Gasteiger partial charge in [-0.2, -0.15) is 0 Å². The van der Waals surface area contributed by atoms with E-state index in [2.05, 4.69) is 0 Å². The Bertz CT molecular complexity index is 298. The lowest BCUT2D eigenvalue weighted by molar-refractivity contribution is -0.508. The molecule has 0 aromatic carbocycles. The van der Waals surface area contributed by atoms with Gasteiger partial charge in [-0.3, -0.25) is 9.48 Å². The van der Waals surface area contributed by atoms with Crippen LogP contribution >= 0.6 is 0 Å². The molecule has 1 heterocycles. The summed E-state index contributed by atoms with van der Waals surface area (Å²) in [5.74, 6) is -1.09. The van der Waals surface area contributed by atoms with Crippen molar-refractivity contribution in [2.75, 3.05) is 26.2 Å². The van der Waals surface area contributed by atoms with Gasteiger partial charge in [0.05, 0.1) is 0 Å². The summed E-state index contributed by atoms with van der Waals surface area (Å²) in [6.07, 6.45) is 0. The van der Waals surface area contributed by atoms with Crippen LogP contribution in [0.25, 0.3) is 0 Å². The van der Waals surface area contributed by atoms with E-state index >= 15 is 0 Å². The SMILES string of the molecule is CC1=[N+](CC(=O)O)CCN1CC(=O)O. The molecule has 2 N–H and O–H groups in total. The van der Waals surface area contributed by atoms with Crippen molar-refractivity contribution in [1.29, 1.82) is 0 Å². The molecule has 0 saturated heterocycles. The van der Waals surface area contributed by atoms with E-state index in [9.17, 15) is 9.59 Å². The van der Waals surface area contributed by atoms with Crippen LogP contribution in [0, 0.1) is 0 Å². The molecule has 0 unspecified atom stereocenters. The molecule has 1 aliphatic heterocycles. The van der Waals surface area contributed by atoms with Crippen molar-refractivity contribution < 1.29 is 24.4 Å². The van der Waals surface area contributed by atoms with Gasteiger partial charge >= 0.3 is 11.9 Å². The number of hydrogen-bond acceptors (Lipinski definition) is 3. The zero-order chi connectivity index (χ0) is 10.7. The molecule has 0 bridgehead atoms. The minimum absolute atomic E-state index is 0.0675. The van der Waals surface area contributed by atoms with Crippen LogP contribution in [0.5, 0.6) is 0 Å². The fraction of sp³-hybridized carbons (Fsp3) is 0.625. The number of nitrogens with zero attached hydrogens (tertiary/aromatic N) is 2. The topological polar surface area (TPSA) is 80.9 Å². The van der Waals surface area contributed by atoms with Gasteiger partial charge in [-0.1, -0.05) is 0 Å². The third-order valence-electron chi connectivity index (χ3n) is 2.21. The molecule has 0 amide bonds. The minimum Gasteiger partial charge on any atom is -0.478 e. The highest BCUT2D eigenvalue weighted by Gasteiger charge is 2.29. The number of rotatable bonds is 4. The maximum absolute atomic E-state index is 10.4.